The summed E-state index contributed by atoms with van der Waals surface area (Å²) < 4.78 is 36.0. The molecule has 1 atom stereocenters. The van der Waals surface area contributed by atoms with Crippen LogP contribution in [0.2, 0.25) is 0 Å². The van der Waals surface area contributed by atoms with Crippen LogP contribution >= 0.6 is 0 Å². The van der Waals surface area contributed by atoms with E-state index in [2.05, 4.69) is 4.98 Å². The lowest BCUT2D eigenvalue weighted by molar-refractivity contribution is 0.219. The van der Waals surface area contributed by atoms with Crippen LogP contribution in [0, 0.1) is 13.8 Å². The van der Waals surface area contributed by atoms with Gasteiger partial charge in [-0.25, -0.2) is 18.5 Å². The third-order valence-corrected chi connectivity index (χ3v) is 6.02. The van der Waals surface area contributed by atoms with Crippen LogP contribution in [0.4, 0.5) is 0 Å². The molecule has 2 aromatic carbocycles. The first kappa shape index (κ1) is 21.7. The van der Waals surface area contributed by atoms with Gasteiger partial charge in [0.1, 0.15) is 17.4 Å². The minimum atomic E-state index is -4.08. The van der Waals surface area contributed by atoms with Crippen LogP contribution in [-0.2, 0) is 10.0 Å². The highest BCUT2D eigenvalue weighted by molar-refractivity contribution is 7.89. The highest BCUT2D eigenvalue weighted by Gasteiger charge is 2.23. The lowest BCUT2D eigenvalue weighted by atomic mass is 10.00. The van der Waals surface area contributed by atoms with Crippen molar-refractivity contribution in [3.05, 3.63) is 87.7 Å². The topological polar surface area (TPSA) is 112 Å². The van der Waals surface area contributed by atoms with E-state index in [1.807, 2.05) is 43.3 Å². The minimum Gasteiger partial charge on any atom is -0.483 e. The van der Waals surface area contributed by atoms with Gasteiger partial charge in [0.2, 0.25) is 5.03 Å². The summed E-state index contributed by atoms with van der Waals surface area (Å²) in [6.07, 6.45) is 0.671. The summed E-state index contributed by atoms with van der Waals surface area (Å²) in [6, 6.07) is 16.1. The Hall–Kier alpha value is -3.49. The third-order valence-electron chi connectivity index (χ3n) is 5.18. The summed E-state index contributed by atoms with van der Waals surface area (Å²) in [5.41, 5.74) is 3.01. The number of ether oxygens (including phenoxy) is 1. The predicted molar refractivity (Wildman–Crippen MR) is 122 cm³/mol. The maximum atomic E-state index is 13.2. The molecule has 2 heterocycles. The number of hydrogen-bond acceptors (Lipinski definition) is 6. The molecule has 4 rings (SSSR count). The molecule has 0 saturated carbocycles. The van der Waals surface area contributed by atoms with Crippen LogP contribution in [0.15, 0.2) is 75.0 Å². The molecule has 0 aliphatic heterocycles. The molecule has 2 aromatic heterocycles. The van der Waals surface area contributed by atoms with Gasteiger partial charge in [-0.15, -0.1) is 0 Å². The molecule has 0 spiro atoms. The number of fused-ring (bicyclic) bond motifs is 1. The molecule has 4 aromatic rings. The molecule has 32 heavy (non-hydrogen) atoms. The Morgan fingerprint density at radius 2 is 1.78 bits per heavy atom. The Balaban J connectivity index is 1.90. The summed E-state index contributed by atoms with van der Waals surface area (Å²) in [5, 5.41) is 5.36. The van der Waals surface area contributed by atoms with Crippen LogP contribution in [0.25, 0.3) is 22.3 Å². The van der Waals surface area contributed by atoms with Crippen molar-refractivity contribution in [1.82, 2.24) is 4.98 Å². The summed E-state index contributed by atoms with van der Waals surface area (Å²) in [5.74, 6) is 0.502. The number of aromatic nitrogens is 1. The molecular formula is C24H22N2O5S. The lowest BCUT2D eigenvalue weighted by Gasteiger charge is -2.19. The van der Waals surface area contributed by atoms with Crippen LogP contribution in [-0.4, -0.2) is 13.4 Å². The first-order valence-corrected chi connectivity index (χ1v) is 11.5. The van der Waals surface area contributed by atoms with Gasteiger partial charge < -0.3 is 9.15 Å². The molecule has 0 aliphatic carbocycles. The number of benzene rings is 2. The van der Waals surface area contributed by atoms with Crippen LogP contribution in [0.5, 0.6) is 5.75 Å². The summed E-state index contributed by atoms with van der Waals surface area (Å²) in [6.45, 7) is 5.36. The van der Waals surface area contributed by atoms with Crippen molar-refractivity contribution in [2.45, 2.75) is 31.9 Å². The Kier molecular flexibility index (Phi) is 5.58. The van der Waals surface area contributed by atoms with Gasteiger partial charge in [-0.3, -0.25) is 4.79 Å². The van der Waals surface area contributed by atoms with Crippen LogP contribution in [0.3, 0.4) is 0 Å². The second kappa shape index (κ2) is 8.22. The van der Waals surface area contributed by atoms with Crippen LogP contribution in [0.1, 0.15) is 29.7 Å². The molecule has 7 nitrogen and oxygen atoms in total. The molecule has 0 amide bonds. The Labute approximate surface area is 185 Å². The normalized spacial score (nSPS) is 12.6. The SMILES string of the molecule is Cc1cc([C@@H](C)Oc2cccnc2S(N)(=O)=O)c2oc(-c3ccccc3)c(C)c(=O)c2c1. The van der Waals surface area contributed by atoms with Gasteiger partial charge in [-0.2, -0.15) is 0 Å². The largest absolute Gasteiger partial charge is 0.483 e. The molecule has 0 radical (unpaired) electrons. The first-order valence-electron chi connectivity index (χ1n) is 9.94. The van der Waals surface area contributed by atoms with Crippen molar-refractivity contribution in [2.24, 2.45) is 5.14 Å². The maximum Gasteiger partial charge on any atom is 0.259 e. The Morgan fingerprint density at radius 1 is 1.06 bits per heavy atom. The fourth-order valence-corrected chi connectivity index (χ4v) is 4.27. The van der Waals surface area contributed by atoms with Gasteiger partial charge in [0.25, 0.3) is 10.0 Å². The lowest BCUT2D eigenvalue weighted by Crippen LogP contribution is -2.17. The summed E-state index contributed by atoms with van der Waals surface area (Å²) in [4.78, 5) is 17.0. The van der Waals surface area contributed by atoms with Gasteiger partial charge in [0, 0.05) is 22.9 Å². The van der Waals surface area contributed by atoms with E-state index < -0.39 is 16.1 Å². The second-order valence-corrected chi connectivity index (χ2v) is 9.07. The van der Waals surface area contributed by atoms with E-state index in [0.29, 0.717) is 27.9 Å². The first-order chi connectivity index (χ1) is 15.2. The van der Waals surface area contributed by atoms with Crippen molar-refractivity contribution in [2.75, 3.05) is 0 Å². The second-order valence-electron chi connectivity index (χ2n) is 7.59. The number of nitrogens with two attached hydrogens (primary N) is 1. The standard InChI is InChI=1S/C24H22N2O5S/c1-14-12-18(16(3)30-20-10-7-11-26-24(20)32(25,28)29)23-19(13-14)21(27)15(2)22(31-23)17-8-5-4-6-9-17/h4-13,16H,1-3H3,(H2,25,28,29)/t16-/m1/s1. The zero-order valence-electron chi connectivity index (χ0n) is 17.8. The smallest absolute Gasteiger partial charge is 0.259 e. The number of hydrogen-bond donors (Lipinski definition) is 1. The number of pyridine rings is 1. The minimum absolute atomic E-state index is 0.0231. The van der Waals surface area contributed by atoms with Gasteiger partial charge in [-0.05, 0) is 50.6 Å². The summed E-state index contributed by atoms with van der Waals surface area (Å²) in [7, 11) is -4.08. The molecule has 0 unspecified atom stereocenters. The maximum absolute atomic E-state index is 13.2. The zero-order chi connectivity index (χ0) is 23.0. The Bertz CT molecular complexity index is 1480. The van der Waals surface area contributed by atoms with Crippen LogP contribution < -0.4 is 15.3 Å². The quantitative estimate of drug-likeness (QED) is 0.486. The van der Waals surface area contributed by atoms with Gasteiger partial charge in [-0.1, -0.05) is 30.3 Å². The average Bonchev–Trinajstić information content (AvgIpc) is 2.76. The number of nitrogens with zero attached hydrogens (tertiary/aromatic N) is 1. The van der Waals surface area contributed by atoms with E-state index >= 15 is 0 Å². The average molecular weight is 451 g/mol. The van der Waals surface area contributed by atoms with Gasteiger partial charge in [0.05, 0.1) is 5.39 Å². The monoisotopic (exact) mass is 450 g/mol. The predicted octanol–water partition coefficient (Wildman–Crippen LogP) is 4.26. The molecular weight excluding hydrogens is 428 g/mol. The molecule has 0 bridgehead atoms. The zero-order valence-corrected chi connectivity index (χ0v) is 18.6. The molecule has 0 aliphatic rings. The number of primary sulfonamides is 1. The van der Waals surface area contributed by atoms with E-state index in [0.717, 1.165) is 11.1 Å². The molecule has 164 valence electrons. The van der Waals surface area contributed by atoms with E-state index in [1.165, 1.54) is 12.3 Å². The van der Waals surface area contributed by atoms with E-state index in [9.17, 15) is 13.2 Å². The molecule has 0 saturated heterocycles. The highest BCUT2D eigenvalue weighted by Crippen LogP contribution is 2.33. The third kappa shape index (κ3) is 4.02. The van der Waals surface area contributed by atoms with Gasteiger partial charge >= 0.3 is 0 Å². The van der Waals surface area contributed by atoms with E-state index in [-0.39, 0.29) is 16.2 Å². The summed E-state index contributed by atoms with van der Waals surface area (Å²) >= 11 is 0. The highest BCUT2D eigenvalue weighted by atomic mass is 32.2. The number of aryl methyl sites for hydroxylation is 1. The van der Waals surface area contributed by atoms with Crippen molar-refractivity contribution < 1.29 is 17.6 Å². The molecule has 2 N–H and O–H groups in total. The number of rotatable bonds is 5. The Morgan fingerprint density at radius 3 is 2.47 bits per heavy atom. The van der Waals surface area contributed by atoms with Crippen molar-refractivity contribution >= 4 is 21.0 Å². The van der Waals surface area contributed by atoms with E-state index in [4.69, 9.17) is 14.3 Å². The molecule has 0 fully saturated rings. The fraction of sp³-hybridized carbons (Fsp3) is 0.167. The van der Waals surface area contributed by atoms with Crippen molar-refractivity contribution in [1.29, 1.82) is 0 Å². The molecule has 8 heteroatoms. The number of sulfonamides is 1. The fourth-order valence-electron chi connectivity index (χ4n) is 3.67. The van der Waals surface area contributed by atoms with Gasteiger partial charge in [0.15, 0.2) is 11.2 Å². The van der Waals surface area contributed by atoms with Crippen molar-refractivity contribution in [3.8, 4) is 17.1 Å². The van der Waals surface area contributed by atoms with Crippen molar-refractivity contribution in [3.63, 3.8) is 0 Å². The van der Waals surface area contributed by atoms with E-state index in [1.54, 1.807) is 26.0 Å².